The van der Waals surface area contributed by atoms with Crippen LogP contribution in [0.5, 0.6) is 0 Å². The van der Waals surface area contributed by atoms with Crippen molar-refractivity contribution in [2.75, 3.05) is 33.8 Å². The summed E-state index contributed by atoms with van der Waals surface area (Å²) < 4.78 is 4.72. The van der Waals surface area contributed by atoms with Gasteiger partial charge in [0.25, 0.3) is 0 Å². The molecule has 1 unspecified atom stereocenters. The highest BCUT2D eigenvalue weighted by molar-refractivity contribution is 5.80. The number of nitrogens with one attached hydrogen (secondary N) is 1. The number of unbranched alkanes of at least 4 members (excludes halogenated alkanes) is 3. The van der Waals surface area contributed by atoms with E-state index in [4.69, 9.17) is 4.74 Å². The molecule has 0 aromatic rings. The molecule has 0 aliphatic rings. The molecule has 0 bridgehead atoms. The Morgan fingerprint density at radius 1 is 1.43 bits per heavy atom. The van der Waals surface area contributed by atoms with E-state index in [1.54, 1.807) is 0 Å². The van der Waals surface area contributed by atoms with Gasteiger partial charge in [-0.15, -0.1) is 6.58 Å². The van der Waals surface area contributed by atoms with Crippen LogP contribution in [0.1, 0.15) is 39.5 Å². The summed E-state index contributed by atoms with van der Waals surface area (Å²) >= 11 is 0. The molecule has 0 fully saturated rings. The normalized spacial score (nSPS) is 12.7. The zero-order chi connectivity index (χ0) is 16.1. The maximum Gasteiger partial charge on any atom is 0.310 e. The summed E-state index contributed by atoms with van der Waals surface area (Å²) in [7, 11) is 3.43. The minimum Gasteiger partial charge on any atom is -0.469 e. The predicted octanol–water partition coefficient (Wildman–Crippen LogP) is 2.44. The Morgan fingerprint density at radius 2 is 2.14 bits per heavy atom. The van der Waals surface area contributed by atoms with Gasteiger partial charge < -0.3 is 15.0 Å². The number of hydrogen-bond donors (Lipinski definition) is 1. The molecule has 0 aromatic heterocycles. The number of guanidine groups is 1. The van der Waals surface area contributed by atoms with E-state index < -0.39 is 0 Å². The molecule has 21 heavy (non-hydrogen) atoms. The van der Waals surface area contributed by atoms with Gasteiger partial charge in [0.05, 0.1) is 19.6 Å². The average Bonchev–Trinajstić information content (AvgIpc) is 2.49. The van der Waals surface area contributed by atoms with Crippen molar-refractivity contribution in [1.82, 2.24) is 10.2 Å². The van der Waals surface area contributed by atoms with Crippen LogP contribution in [0, 0.1) is 5.92 Å². The largest absolute Gasteiger partial charge is 0.469 e. The van der Waals surface area contributed by atoms with Gasteiger partial charge in [-0.2, -0.15) is 0 Å². The number of methoxy groups -OCH3 is 1. The summed E-state index contributed by atoms with van der Waals surface area (Å²) in [6.07, 6.45) is 6.54. The van der Waals surface area contributed by atoms with E-state index >= 15 is 0 Å². The summed E-state index contributed by atoms with van der Waals surface area (Å²) in [5.74, 6) is 0.406. The molecule has 1 N–H and O–H groups in total. The fraction of sp³-hybridized carbons (Fsp3) is 0.750. The second-order valence-corrected chi connectivity index (χ2v) is 5.18. The Kier molecular flexibility index (Phi) is 11.4. The van der Waals surface area contributed by atoms with E-state index in [2.05, 4.69) is 21.8 Å². The molecule has 5 nitrogen and oxygen atoms in total. The number of esters is 1. The quantitative estimate of drug-likeness (QED) is 0.221. The molecule has 0 aliphatic carbocycles. The third kappa shape index (κ3) is 9.10. The van der Waals surface area contributed by atoms with Gasteiger partial charge in [0, 0.05) is 20.1 Å². The van der Waals surface area contributed by atoms with Crippen LogP contribution in [-0.4, -0.2) is 50.6 Å². The summed E-state index contributed by atoms with van der Waals surface area (Å²) in [6.45, 7) is 9.80. The summed E-state index contributed by atoms with van der Waals surface area (Å²) in [5.41, 5.74) is 0. The lowest BCUT2D eigenvalue weighted by Gasteiger charge is -2.22. The molecule has 0 aromatic carbocycles. The Labute approximate surface area is 129 Å². The van der Waals surface area contributed by atoms with Gasteiger partial charge in [-0.05, 0) is 26.2 Å². The van der Waals surface area contributed by atoms with Gasteiger partial charge in [-0.25, -0.2) is 0 Å². The van der Waals surface area contributed by atoms with E-state index in [9.17, 15) is 4.79 Å². The van der Waals surface area contributed by atoms with Crippen LogP contribution in [0.2, 0.25) is 0 Å². The van der Waals surface area contributed by atoms with E-state index in [1.807, 2.05) is 27.0 Å². The number of rotatable bonds is 10. The standard InChI is InChI=1S/C16H31N3O2/c1-6-8-9-10-11-12-19(4)16(17-7-2)18-13-14(3)15(20)21-5/h6,14H,1,7-13H2,2-5H3,(H,17,18). The Balaban J connectivity index is 4.30. The van der Waals surface area contributed by atoms with Crippen molar-refractivity contribution in [3.8, 4) is 0 Å². The number of aliphatic imine (C=N–C) groups is 1. The lowest BCUT2D eigenvalue weighted by molar-refractivity contribution is -0.144. The maximum atomic E-state index is 11.4. The Hall–Kier alpha value is -1.52. The van der Waals surface area contributed by atoms with Crippen molar-refractivity contribution in [3.05, 3.63) is 12.7 Å². The van der Waals surface area contributed by atoms with Crippen LogP contribution >= 0.6 is 0 Å². The lowest BCUT2D eigenvalue weighted by atomic mass is 10.2. The summed E-state index contributed by atoms with van der Waals surface area (Å²) in [5, 5.41) is 3.25. The zero-order valence-electron chi connectivity index (χ0n) is 14.0. The summed E-state index contributed by atoms with van der Waals surface area (Å²) in [4.78, 5) is 18.0. The first-order valence-electron chi connectivity index (χ1n) is 7.74. The van der Waals surface area contributed by atoms with Gasteiger partial charge in [-0.3, -0.25) is 9.79 Å². The van der Waals surface area contributed by atoms with E-state index in [0.717, 1.165) is 31.9 Å². The second-order valence-electron chi connectivity index (χ2n) is 5.18. The maximum absolute atomic E-state index is 11.4. The minimum atomic E-state index is -0.221. The number of carbonyl (C=O) groups is 1. The van der Waals surface area contributed by atoms with Crippen molar-refractivity contribution in [3.63, 3.8) is 0 Å². The first-order chi connectivity index (χ1) is 10.1. The van der Waals surface area contributed by atoms with Crippen molar-refractivity contribution in [2.45, 2.75) is 39.5 Å². The van der Waals surface area contributed by atoms with Crippen LogP contribution in [0.15, 0.2) is 17.6 Å². The molecule has 0 radical (unpaired) electrons. The van der Waals surface area contributed by atoms with Gasteiger partial charge in [0.1, 0.15) is 0 Å². The lowest BCUT2D eigenvalue weighted by Crippen LogP contribution is -2.40. The van der Waals surface area contributed by atoms with Gasteiger partial charge in [0.15, 0.2) is 5.96 Å². The number of hydrogen-bond acceptors (Lipinski definition) is 3. The number of carbonyl (C=O) groups excluding carboxylic acids is 1. The first kappa shape index (κ1) is 19.5. The van der Waals surface area contributed by atoms with Crippen LogP contribution in [0.25, 0.3) is 0 Å². The summed E-state index contributed by atoms with van der Waals surface area (Å²) in [6, 6.07) is 0. The number of allylic oxidation sites excluding steroid dienone is 1. The van der Waals surface area contributed by atoms with Crippen LogP contribution < -0.4 is 5.32 Å². The van der Waals surface area contributed by atoms with E-state index in [0.29, 0.717) is 6.54 Å². The predicted molar refractivity (Wildman–Crippen MR) is 88.5 cm³/mol. The first-order valence-corrected chi connectivity index (χ1v) is 7.74. The molecule has 5 heteroatoms. The highest BCUT2D eigenvalue weighted by Gasteiger charge is 2.13. The minimum absolute atomic E-state index is 0.218. The molecule has 122 valence electrons. The Morgan fingerprint density at radius 3 is 2.71 bits per heavy atom. The molecular formula is C16H31N3O2. The van der Waals surface area contributed by atoms with Crippen molar-refractivity contribution < 1.29 is 9.53 Å². The number of ether oxygens (including phenoxy) is 1. The number of nitrogens with zero attached hydrogens (tertiary/aromatic N) is 2. The SMILES string of the molecule is C=CCCCCCN(C)C(=NCC(C)C(=O)OC)NCC. The highest BCUT2D eigenvalue weighted by Crippen LogP contribution is 2.03. The van der Waals surface area contributed by atoms with Gasteiger partial charge in [-0.1, -0.05) is 19.4 Å². The molecule has 0 aliphatic heterocycles. The fourth-order valence-corrected chi connectivity index (χ4v) is 1.89. The Bertz CT molecular complexity index is 329. The van der Waals surface area contributed by atoms with Crippen molar-refractivity contribution in [2.24, 2.45) is 10.9 Å². The smallest absolute Gasteiger partial charge is 0.310 e. The van der Waals surface area contributed by atoms with Gasteiger partial charge in [0.2, 0.25) is 0 Å². The molecule has 0 saturated heterocycles. The molecule has 0 heterocycles. The van der Waals surface area contributed by atoms with Gasteiger partial charge >= 0.3 is 5.97 Å². The zero-order valence-corrected chi connectivity index (χ0v) is 14.0. The van der Waals surface area contributed by atoms with E-state index in [1.165, 1.54) is 20.0 Å². The van der Waals surface area contributed by atoms with Crippen LogP contribution in [0.3, 0.4) is 0 Å². The molecule has 0 saturated carbocycles. The van der Waals surface area contributed by atoms with Crippen molar-refractivity contribution >= 4 is 11.9 Å². The molecule has 0 rings (SSSR count). The molecule has 0 spiro atoms. The fourth-order valence-electron chi connectivity index (χ4n) is 1.89. The second kappa shape index (κ2) is 12.2. The van der Waals surface area contributed by atoms with Crippen LogP contribution in [-0.2, 0) is 9.53 Å². The molecule has 0 amide bonds. The van der Waals surface area contributed by atoms with Crippen LogP contribution in [0.4, 0.5) is 0 Å². The van der Waals surface area contributed by atoms with E-state index in [-0.39, 0.29) is 11.9 Å². The average molecular weight is 297 g/mol. The highest BCUT2D eigenvalue weighted by atomic mass is 16.5. The van der Waals surface area contributed by atoms with Crippen molar-refractivity contribution in [1.29, 1.82) is 0 Å². The molecule has 1 atom stereocenters. The molecular weight excluding hydrogens is 266 g/mol. The topological polar surface area (TPSA) is 53.9 Å². The monoisotopic (exact) mass is 297 g/mol. The third-order valence-electron chi connectivity index (χ3n) is 3.22. The third-order valence-corrected chi connectivity index (χ3v) is 3.22.